The van der Waals surface area contributed by atoms with Gasteiger partial charge in [-0.1, -0.05) is 29.3 Å². The first-order valence-corrected chi connectivity index (χ1v) is 5.69. The zero-order valence-electron chi connectivity index (χ0n) is 9.50. The van der Waals surface area contributed by atoms with E-state index in [0.29, 0.717) is 21.9 Å². The van der Waals surface area contributed by atoms with E-state index in [0.717, 1.165) is 0 Å². The van der Waals surface area contributed by atoms with Crippen molar-refractivity contribution >= 4 is 35.5 Å². The molecule has 5 heteroatoms. The summed E-state index contributed by atoms with van der Waals surface area (Å²) < 4.78 is 4.72. The summed E-state index contributed by atoms with van der Waals surface area (Å²) in [4.78, 5) is 22.5. The standard InChI is InChI=1S/C12H12Cl2O3/c1-12(5-6-15,11(16)17-2)8-3-4-9(13)10(14)7-8/h3-4,6-7H,5H2,1-2H3. The van der Waals surface area contributed by atoms with Crippen molar-refractivity contribution in [2.24, 2.45) is 0 Å². The number of hydrogen-bond donors (Lipinski definition) is 0. The fraction of sp³-hybridized carbons (Fsp3) is 0.333. The van der Waals surface area contributed by atoms with E-state index in [1.165, 1.54) is 7.11 Å². The normalized spacial score (nSPS) is 13.9. The molecule has 17 heavy (non-hydrogen) atoms. The molecule has 0 saturated carbocycles. The Morgan fingerprint density at radius 1 is 1.41 bits per heavy atom. The number of carbonyl (C=O) groups excluding carboxylic acids is 2. The summed E-state index contributed by atoms with van der Waals surface area (Å²) in [6.45, 7) is 1.63. The minimum Gasteiger partial charge on any atom is -0.468 e. The van der Waals surface area contributed by atoms with Crippen LogP contribution in [-0.2, 0) is 19.7 Å². The lowest BCUT2D eigenvalue weighted by atomic mass is 9.80. The third kappa shape index (κ3) is 2.79. The van der Waals surface area contributed by atoms with E-state index in [2.05, 4.69) is 0 Å². The molecule has 1 unspecified atom stereocenters. The topological polar surface area (TPSA) is 43.4 Å². The first kappa shape index (κ1) is 14.0. The number of esters is 1. The third-order valence-corrected chi connectivity index (χ3v) is 3.42. The third-order valence-electron chi connectivity index (χ3n) is 2.68. The lowest BCUT2D eigenvalue weighted by Gasteiger charge is -2.25. The molecule has 1 atom stereocenters. The van der Waals surface area contributed by atoms with Gasteiger partial charge in [0.05, 0.1) is 22.6 Å². The highest BCUT2D eigenvalue weighted by molar-refractivity contribution is 6.42. The molecule has 0 N–H and O–H groups in total. The minimum atomic E-state index is -1.04. The van der Waals surface area contributed by atoms with Crippen molar-refractivity contribution in [2.75, 3.05) is 7.11 Å². The molecule has 0 bridgehead atoms. The highest BCUT2D eigenvalue weighted by Crippen LogP contribution is 2.32. The number of hydrogen-bond acceptors (Lipinski definition) is 3. The van der Waals surface area contributed by atoms with Crippen molar-refractivity contribution in [3.63, 3.8) is 0 Å². The molecular weight excluding hydrogens is 263 g/mol. The van der Waals surface area contributed by atoms with Gasteiger partial charge in [0.1, 0.15) is 6.29 Å². The van der Waals surface area contributed by atoms with Gasteiger partial charge in [-0.3, -0.25) is 4.79 Å². The van der Waals surface area contributed by atoms with Crippen LogP contribution >= 0.6 is 23.2 Å². The SMILES string of the molecule is COC(=O)C(C)(CC=O)c1ccc(Cl)c(Cl)c1. The molecule has 1 rings (SSSR count). The summed E-state index contributed by atoms with van der Waals surface area (Å²) in [5.74, 6) is -0.483. The van der Waals surface area contributed by atoms with Crippen LogP contribution in [0.1, 0.15) is 18.9 Å². The van der Waals surface area contributed by atoms with Crippen LogP contribution in [-0.4, -0.2) is 19.4 Å². The van der Waals surface area contributed by atoms with Crippen LogP contribution in [0.5, 0.6) is 0 Å². The van der Waals surface area contributed by atoms with Crippen LogP contribution in [0.3, 0.4) is 0 Å². The predicted octanol–water partition coefficient (Wildman–Crippen LogP) is 3.01. The number of rotatable bonds is 4. The molecule has 0 fully saturated rings. The monoisotopic (exact) mass is 274 g/mol. The molecule has 0 aliphatic rings. The van der Waals surface area contributed by atoms with Gasteiger partial charge in [-0.05, 0) is 24.6 Å². The van der Waals surface area contributed by atoms with E-state index in [9.17, 15) is 9.59 Å². The van der Waals surface area contributed by atoms with Gasteiger partial charge < -0.3 is 9.53 Å². The molecule has 1 aromatic rings. The Hall–Kier alpha value is -1.06. The maximum atomic E-state index is 11.8. The Kier molecular flexibility index (Phi) is 4.54. The van der Waals surface area contributed by atoms with Gasteiger partial charge in [0.25, 0.3) is 0 Å². The van der Waals surface area contributed by atoms with E-state index in [4.69, 9.17) is 27.9 Å². The molecule has 0 amide bonds. The predicted molar refractivity (Wildman–Crippen MR) is 66.5 cm³/mol. The van der Waals surface area contributed by atoms with E-state index >= 15 is 0 Å². The molecule has 0 spiro atoms. The Morgan fingerprint density at radius 3 is 2.53 bits per heavy atom. The number of aldehydes is 1. The Balaban J connectivity index is 3.26. The van der Waals surface area contributed by atoms with Crippen LogP contribution in [0.4, 0.5) is 0 Å². The van der Waals surface area contributed by atoms with E-state index in [1.807, 2.05) is 0 Å². The average molecular weight is 275 g/mol. The summed E-state index contributed by atoms with van der Waals surface area (Å²) in [6.07, 6.45) is 0.705. The van der Waals surface area contributed by atoms with Gasteiger partial charge in [-0.25, -0.2) is 0 Å². The maximum absolute atomic E-state index is 11.8. The summed E-state index contributed by atoms with van der Waals surface area (Å²) >= 11 is 11.7. The quantitative estimate of drug-likeness (QED) is 0.626. The van der Waals surface area contributed by atoms with Gasteiger partial charge in [0.2, 0.25) is 0 Å². The van der Waals surface area contributed by atoms with E-state index < -0.39 is 11.4 Å². The second kappa shape index (κ2) is 5.52. The van der Waals surface area contributed by atoms with Crippen LogP contribution in [0, 0.1) is 0 Å². The largest absolute Gasteiger partial charge is 0.468 e. The van der Waals surface area contributed by atoms with Gasteiger partial charge in [0.15, 0.2) is 0 Å². The maximum Gasteiger partial charge on any atom is 0.316 e. The van der Waals surface area contributed by atoms with Crippen molar-refractivity contribution in [1.82, 2.24) is 0 Å². The van der Waals surface area contributed by atoms with Crippen LogP contribution in [0.25, 0.3) is 0 Å². The molecular formula is C12H12Cl2O3. The fourth-order valence-corrected chi connectivity index (χ4v) is 1.85. The highest BCUT2D eigenvalue weighted by Gasteiger charge is 2.36. The van der Waals surface area contributed by atoms with E-state index in [-0.39, 0.29) is 6.42 Å². The Bertz CT molecular complexity index is 445. The second-order valence-corrected chi connectivity index (χ2v) is 4.64. The van der Waals surface area contributed by atoms with Crippen LogP contribution in [0.2, 0.25) is 10.0 Å². The van der Waals surface area contributed by atoms with Crippen LogP contribution < -0.4 is 0 Å². The molecule has 0 heterocycles. The second-order valence-electron chi connectivity index (χ2n) is 3.82. The molecule has 0 aliphatic heterocycles. The van der Waals surface area contributed by atoms with Crippen molar-refractivity contribution in [2.45, 2.75) is 18.8 Å². The number of carbonyl (C=O) groups is 2. The van der Waals surface area contributed by atoms with Crippen LogP contribution in [0.15, 0.2) is 18.2 Å². The summed E-state index contributed by atoms with van der Waals surface area (Å²) in [5.41, 5.74) is -0.434. The van der Waals surface area contributed by atoms with Crippen molar-refractivity contribution in [1.29, 1.82) is 0 Å². The first-order chi connectivity index (χ1) is 7.95. The smallest absolute Gasteiger partial charge is 0.316 e. The molecule has 1 aromatic carbocycles. The molecule has 0 saturated heterocycles. The lowest BCUT2D eigenvalue weighted by Crippen LogP contribution is -2.34. The van der Waals surface area contributed by atoms with Crippen molar-refractivity contribution in [3.05, 3.63) is 33.8 Å². The highest BCUT2D eigenvalue weighted by atomic mass is 35.5. The molecule has 0 aliphatic carbocycles. The fourth-order valence-electron chi connectivity index (χ4n) is 1.55. The summed E-state index contributed by atoms with van der Waals surface area (Å²) in [6, 6.07) is 4.82. The average Bonchev–Trinajstić information content (AvgIpc) is 2.31. The Labute approximate surface area is 110 Å². The number of methoxy groups -OCH3 is 1. The zero-order valence-corrected chi connectivity index (χ0v) is 11.0. The number of halogens is 2. The first-order valence-electron chi connectivity index (χ1n) is 4.93. The number of ether oxygens (including phenoxy) is 1. The molecule has 0 aromatic heterocycles. The van der Waals surface area contributed by atoms with Gasteiger partial charge in [-0.15, -0.1) is 0 Å². The molecule has 92 valence electrons. The lowest BCUT2D eigenvalue weighted by molar-refractivity contribution is -0.148. The summed E-state index contributed by atoms with van der Waals surface area (Å²) in [5, 5.41) is 0.735. The molecule has 0 radical (unpaired) electrons. The van der Waals surface area contributed by atoms with Gasteiger partial charge in [-0.2, -0.15) is 0 Å². The van der Waals surface area contributed by atoms with Crippen molar-refractivity contribution < 1.29 is 14.3 Å². The minimum absolute atomic E-state index is 0.0254. The van der Waals surface area contributed by atoms with Gasteiger partial charge >= 0.3 is 5.97 Å². The summed E-state index contributed by atoms with van der Waals surface area (Å²) in [7, 11) is 1.28. The Morgan fingerprint density at radius 2 is 2.06 bits per heavy atom. The van der Waals surface area contributed by atoms with E-state index in [1.54, 1.807) is 25.1 Å². The van der Waals surface area contributed by atoms with Gasteiger partial charge in [0, 0.05) is 6.42 Å². The number of benzene rings is 1. The molecule has 3 nitrogen and oxygen atoms in total. The van der Waals surface area contributed by atoms with Crippen molar-refractivity contribution in [3.8, 4) is 0 Å². The zero-order chi connectivity index (χ0) is 13.1.